The third-order valence-electron chi connectivity index (χ3n) is 6.38. The summed E-state index contributed by atoms with van der Waals surface area (Å²) in [6, 6.07) is -2.31. The number of hydrogen-bond acceptors (Lipinski definition) is 9. The van der Waals surface area contributed by atoms with Crippen LogP contribution < -0.4 is 0 Å². The van der Waals surface area contributed by atoms with Crippen LogP contribution in [0.5, 0.6) is 0 Å². The Morgan fingerprint density at radius 3 is 2.19 bits per heavy atom. The van der Waals surface area contributed by atoms with E-state index in [9.17, 15) is 22.8 Å². The van der Waals surface area contributed by atoms with Crippen LogP contribution in [0.25, 0.3) is 0 Å². The van der Waals surface area contributed by atoms with Crippen molar-refractivity contribution < 1.29 is 41.7 Å². The van der Waals surface area contributed by atoms with Crippen molar-refractivity contribution in [1.29, 1.82) is 0 Å². The Morgan fingerprint density at radius 1 is 0.944 bits per heavy atom. The van der Waals surface area contributed by atoms with E-state index in [0.717, 1.165) is 4.31 Å². The second-order valence-corrected chi connectivity index (χ2v) is 11.8. The largest absolute Gasteiger partial charge is 0.465 e. The molecule has 2 amide bonds. The average molecular weight is 535 g/mol. The predicted molar refractivity (Wildman–Crippen MR) is 127 cm³/mol. The van der Waals surface area contributed by atoms with Crippen LogP contribution in [0.2, 0.25) is 0 Å². The molecule has 13 nitrogen and oxygen atoms in total. The van der Waals surface area contributed by atoms with Crippen molar-refractivity contribution in [2.75, 3.05) is 59.7 Å². The highest BCUT2D eigenvalue weighted by Gasteiger charge is 2.56. The fourth-order valence-electron chi connectivity index (χ4n) is 4.80. The SMILES string of the molecule is CCOC(=O)[C@@H]1[C@@H]2CC[C@H](CN1S(=O)(=O)N1CCN(C(=O)OC(C)(C)C)CC1)N2C(=O)OCCOC. The maximum atomic E-state index is 13.7. The first-order valence-electron chi connectivity index (χ1n) is 12.3. The maximum Gasteiger partial charge on any atom is 0.410 e. The van der Waals surface area contributed by atoms with Gasteiger partial charge in [0, 0.05) is 45.9 Å². The summed E-state index contributed by atoms with van der Waals surface area (Å²) in [4.78, 5) is 41.1. The molecule has 206 valence electrons. The predicted octanol–water partition coefficient (Wildman–Crippen LogP) is 0.647. The monoisotopic (exact) mass is 534 g/mol. The zero-order chi connectivity index (χ0) is 26.7. The van der Waals surface area contributed by atoms with Crippen LogP contribution >= 0.6 is 0 Å². The first kappa shape index (κ1) is 28.4. The Morgan fingerprint density at radius 2 is 1.61 bits per heavy atom. The molecular weight excluding hydrogens is 496 g/mol. The lowest BCUT2D eigenvalue weighted by Crippen LogP contribution is -2.67. The van der Waals surface area contributed by atoms with Gasteiger partial charge in [0.25, 0.3) is 10.2 Å². The molecular formula is C22H38N4O9S. The van der Waals surface area contributed by atoms with Crippen LogP contribution in [0.4, 0.5) is 9.59 Å². The second kappa shape index (κ2) is 11.5. The first-order chi connectivity index (χ1) is 16.9. The summed E-state index contributed by atoms with van der Waals surface area (Å²) in [5.41, 5.74) is -0.656. The molecule has 0 unspecified atom stereocenters. The number of esters is 1. The summed E-state index contributed by atoms with van der Waals surface area (Å²) in [6.07, 6.45) is -0.107. The molecule has 3 aliphatic heterocycles. The van der Waals surface area contributed by atoms with Crippen molar-refractivity contribution in [1.82, 2.24) is 18.4 Å². The van der Waals surface area contributed by atoms with Gasteiger partial charge in [-0.25, -0.2) is 9.59 Å². The van der Waals surface area contributed by atoms with Crippen LogP contribution in [-0.4, -0.2) is 128 Å². The van der Waals surface area contributed by atoms with E-state index >= 15 is 0 Å². The van der Waals surface area contributed by atoms with Crippen molar-refractivity contribution in [3.8, 4) is 0 Å². The molecule has 0 aromatic heterocycles. The van der Waals surface area contributed by atoms with Gasteiger partial charge in [-0.1, -0.05) is 0 Å². The molecule has 3 atom stereocenters. The minimum absolute atomic E-state index is 0.0476. The van der Waals surface area contributed by atoms with Gasteiger partial charge in [-0.3, -0.25) is 9.69 Å². The van der Waals surface area contributed by atoms with Crippen molar-refractivity contribution in [2.24, 2.45) is 0 Å². The highest BCUT2D eigenvalue weighted by Crippen LogP contribution is 2.37. The molecule has 0 aromatic rings. The van der Waals surface area contributed by atoms with Gasteiger partial charge < -0.3 is 23.8 Å². The van der Waals surface area contributed by atoms with E-state index in [0.29, 0.717) is 12.8 Å². The summed E-state index contributed by atoms with van der Waals surface area (Å²) in [6.45, 7) is 7.70. The summed E-state index contributed by atoms with van der Waals surface area (Å²) >= 11 is 0. The number of ether oxygens (including phenoxy) is 4. The van der Waals surface area contributed by atoms with Gasteiger partial charge in [0.15, 0.2) is 0 Å². The van der Waals surface area contributed by atoms with E-state index in [1.54, 1.807) is 27.7 Å². The molecule has 3 saturated heterocycles. The third-order valence-corrected chi connectivity index (χ3v) is 8.36. The molecule has 0 saturated carbocycles. The van der Waals surface area contributed by atoms with E-state index in [1.807, 2.05) is 0 Å². The minimum Gasteiger partial charge on any atom is -0.465 e. The number of rotatable bonds is 7. The van der Waals surface area contributed by atoms with Crippen molar-refractivity contribution in [3.63, 3.8) is 0 Å². The van der Waals surface area contributed by atoms with Crippen molar-refractivity contribution >= 4 is 28.4 Å². The average Bonchev–Trinajstić information content (AvgIpc) is 3.11. The van der Waals surface area contributed by atoms with E-state index in [-0.39, 0.29) is 52.5 Å². The Kier molecular flexibility index (Phi) is 9.06. The zero-order valence-corrected chi connectivity index (χ0v) is 22.5. The minimum atomic E-state index is -4.09. The third kappa shape index (κ3) is 6.21. The molecule has 14 heteroatoms. The maximum absolute atomic E-state index is 13.7. The number of carbonyl (C=O) groups excluding carboxylic acids is 3. The quantitative estimate of drug-likeness (QED) is 0.262. The molecule has 3 heterocycles. The number of carbonyl (C=O) groups is 3. The lowest BCUT2D eigenvalue weighted by molar-refractivity contribution is -0.151. The second-order valence-electron chi connectivity index (χ2n) is 9.95. The van der Waals surface area contributed by atoms with E-state index < -0.39 is 52.1 Å². The lowest BCUT2D eigenvalue weighted by atomic mass is 10.1. The number of nitrogens with zero attached hydrogens (tertiary/aromatic N) is 4. The van der Waals surface area contributed by atoms with Gasteiger partial charge in [0.2, 0.25) is 0 Å². The number of piperazine rings is 2. The fourth-order valence-corrected chi connectivity index (χ4v) is 6.60. The van der Waals surface area contributed by atoms with Gasteiger partial charge in [-0.2, -0.15) is 17.0 Å². The van der Waals surface area contributed by atoms with Gasteiger partial charge in [-0.15, -0.1) is 0 Å². The molecule has 3 aliphatic rings. The smallest absolute Gasteiger partial charge is 0.410 e. The summed E-state index contributed by atoms with van der Waals surface area (Å²) in [7, 11) is -2.60. The van der Waals surface area contributed by atoms with E-state index in [4.69, 9.17) is 18.9 Å². The number of hydrogen-bond donors (Lipinski definition) is 0. The Labute approximate surface area is 212 Å². The van der Waals surface area contributed by atoms with Gasteiger partial charge in [0.05, 0.1) is 19.3 Å². The van der Waals surface area contributed by atoms with Crippen LogP contribution in [0.3, 0.4) is 0 Å². The Balaban J connectivity index is 1.76. The summed E-state index contributed by atoms with van der Waals surface area (Å²) < 4.78 is 50.7. The van der Waals surface area contributed by atoms with E-state index in [1.165, 1.54) is 21.2 Å². The standard InChI is InChI=1S/C22H38N4O9S/c1-6-33-19(27)18-17-8-7-16(26(17)21(29)34-14-13-32-5)15-25(18)36(30,31)24-11-9-23(10-12-24)20(28)35-22(2,3)4/h16-18H,6-15H2,1-5H3/t16-,17+,18+/m1/s1. The van der Waals surface area contributed by atoms with Crippen LogP contribution in [0.1, 0.15) is 40.5 Å². The Hall–Kier alpha value is -2.16. The van der Waals surface area contributed by atoms with Crippen molar-refractivity contribution in [2.45, 2.75) is 64.3 Å². The van der Waals surface area contributed by atoms with Gasteiger partial charge >= 0.3 is 18.2 Å². The topological polar surface area (TPSA) is 135 Å². The van der Waals surface area contributed by atoms with Gasteiger partial charge in [0.1, 0.15) is 18.2 Å². The normalized spacial score (nSPS) is 25.5. The van der Waals surface area contributed by atoms with E-state index in [2.05, 4.69) is 0 Å². The molecule has 0 radical (unpaired) electrons. The molecule has 0 spiro atoms. The highest BCUT2D eigenvalue weighted by atomic mass is 32.2. The van der Waals surface area contributed by atoms with Crippen molar-refractivity contribution in [3.05, 3.63) is 0 Å². The fraction of sp³-hybridized carbons (Fsp3) is 0.864. The molecule has 3 rings (SSSR count). The highest BCUT2D eigenvalue weighted by molar-refractivity contribution is 7.86. The summed E-state index contributed by atoms with van der Waals surface area (Å²) in [5, 5.41) is 0. The number of methoxy groups -OCH3 is 1. The molecule has 2 bridgehead atoms. The van der Waals surface area contributed by atoms with Crippen LogP contribution in [-0.2, 0) is 34.0 Å². The van der Waals surface area contributed by atoms with Crippen LogP contribution in [0.15, 0.2) is 0 Å². The van der Waals surface area contributed by atoms with Gasteiger partial charge in [-0.05, 0) is 40.5 Å². The molecule has 0 N–H and O–H groups in total. The zero-order valence-electron chi connectivity index (χ0n) is 21.7. The lowest BCUT2D eigenvalue weighted by Gasteiger charge is -2.46. The number of fused-ring (bicyclic) bond motifs is 2. The molecule has 0 aliphatic carbocycles. The van der Waals surface area contributed by atoms with Crippen LogP contribution in [0, 0.1) is 0 Å². The molecule has 3 fully saturated rings. The number of amides is 2. The molecule has 36 heavy (non-hydrogen) atoms. The first-order valence-corrected chi connectivity index (χ1v) is 13.7. The Bertz CT molecular complexity index is 915. The molecule has 0 aromatic carbocycles. The summed E-state index contributed by atoms with van der Waals surface area (Å²) in [5.74, 6) is -0.700.